The number of aryl methyl sites for hydroxylation is 2. The molecule has 0 unspecified atom stereocenters. The van der Waals surface area contributed by atoms with E-state index < -0.39 is 30.8 Å². The average Bonchev–Trinajstić information content (AvgIpc) is 3.41. The minimum Gasteiger partial charge on any atom is -0.378 e. The first-order valence-corrected chi connectivity index (χ1v) is 10.1. The van der Waals surface area contributed by atoms with Gasteiger partial charge in [0.25, 0.3) is 11.8 Å². The summed E-state index contributed by atoms with van der Waals surface area (Å²) in [6.07, 6.45) is 0.893. The molecule has 168 valence electrons. The number of likely N-dealkylation sites (tertiary alicyclic amines) is 1. The molecule has 31 heavy (non-hydrogen) atoms. The van der Waals surface area contributed by atoms with Crippen LogP contribution in [0.5, 0.6) is 0 Å². The molecule has 2 fully saturated rings. The van der Waals surface area contributed by atoms with Gasteiger partial charge in [-0.15, -0.1) is 5.10 Å². The van der Waals surface area contributed by atoms with Gasteiger partial charge in [0, 0.05) is 25.1 Å². The van der Waals surface area contributed by atoms with Crippen molar-refractivity contribution in [3.63, 3.8) is 0 Å². The quantitative estimate of drug-likeness (QED) is 0.681. The SMILES string of the molecule is Cc1noc(C)c1CC(=O)N1CC(F)(F)C[C@H]1Cn1cc(C(=O)N2CCOCC2)nn1. The zero-order chi connectivity index (χ0) is 22.2. The third-order valence-electron chi connectivity index (χ3n) is 5.66. The van der Waals surface area contributed by atoms with Crippen LogP contribution < -0.4 is 0 Å². The number of morpholine rings is 1. The average molecular weight is 438 g/mol. The largest absolute Gasteiger partial charge is 0.378 e. The minimum atomic E-state index is -2.99. The molecule has 4 rings (SSSR count). The Kier molecular flexibility index (Phi) is 5.73. The Hall–Kier alpha value is -2.89. The van der Waals surface area contributed by atoms with Crippen LogP contribution in [0, 0.1) is 13.8 Å². The molecule has 2 aromatic heterocycles. The summed E-state index contributed by atoms with van der Waals surface area (Å²) in [6, 6.07) is -0.768. The van der Waals surface area contributed by atoms with Crippen molar-refractivity contribution < 1.29 is 27.6 Å². The normalized spacial score (nSPS) is 21.0. The van der Waals surface area contributed by atoms with E-state index in [1.807, 2.05) is 0 Å². The van der Waals surface area contributed by atoms with E-state index in [4.69, 9.17) is 9.26 Å². The number of carbonyl (C=O) groups excluding carboxylic acids is 2. The molecule has 2 saturated heterocycles. The lowest BCUT2D eigenvalue weighted by molar-refractivity contribution is -0.132. The van der Waals surface area contributed by atoms with Crippen LogP contribution in [0.3, 0.4) is 0 Å². The zero-order valence-corrected chi connectivity index (χ0v) is 17.4. The lowest BCUT2D eigenvalue weighted by Gasteiger charge is -2.25. The number of aromatic nitrogens is 4. The second-order valence-corrected chi connectivity index (χ2v) is 7.95. The van der Waals surface area contributed by atoms with Crippen molar-refractivity contribution in [1.29, 1.82) is 0 Å². The fourth-order valence-electron chi connectivity index (χ4n) is 3.99. The number of nitrogens with zero attached hydrogens (tertiary/aromatic N) is 6. The Balaban J connectivity index is 1.45. The molecular weight excluding hydrogens is 414 g/mol. The number of rotatable bonds is 5. The first kappa shape index (κ1) is 21.3. The maximum atomic E-state index is 14.2. The highest BCUT2D eigenvalue weighted by Gasteiger charge is 2.47. The van der Waals surface area contributed by atoms with Crippen molar-refractivity contribution >= 4 is 11.8 Å². The summed E-state index contributed by atoms with van der Waals surface area (Å²) in [4.78, 5) is 28.1. The summed E-state index contributed by atoms with van der Waals surface area (Å²) in [5.41, 5.74) is 1.31. The van der Waals surface area contributed by atoms with Gasteiger partial charge in [0.15, 0.2) is 5.69 Å². The minimum absolute atomic E-state index is 0.0202. The molecule has 0 saturated carbocycles. The van der Waals surface area contributed by atoms with Gasteiger partial charge >= 0.3 is 0 Å². The van der Waals surface area contributed by atoms with Crippen molar-refractivity contribution in [2.45, 2.75) is 45.2 Å². The third kappa shape index (κ3) is 4.58. The lowest BCUT2D eigenvalue weighted by Crippen LogP contribution is -2.41. The Morgan fingerprint density at radius 3 is 2.68 bits per heavy atom. The van der Waals surface area contributed by atoms with Crippen LogP contribution in [0.15, 0.2) is 10.7 Å². The molecule has 1 atom stereocenters. The van der Waals surface area contributed by atoms with Gasteiger partial charge in [-0.05, 0) is 13.8 Å². The Morgan fingerprint density at radius 2 is 2.00 bits per heavy atom. The fourth-order valence-corrected chi connectivity index (χ4v) is 3.99. The van der Waals surface area contributed by atoms with Crippen LogP contribution in [0.1, 0.15) is 33.9 Å². The van der Waals surface area contributed by atoms with Gasteiger partial charge in [0.2, 0.25) is 5.91 Å². The van der Waals surface area contributed by atoms with Gasteiger partial charge in [-0.2, -0.15) is 0 Å². The van der Waals surface area contributed by atoms with Gasteiger partial charge in [0.05, 0.1) is 50.7 Å². The standard InChI is InChI=1S/C19H24F2N6O4/c1-12-15(13(2)31-23-12)7-17(28)27-11-19(20,21)8-14(27)9-26-10-16(22-24-26)18(29)25-3-5-30-6-4-25/h10,14H,3-9,11H2,1-2H3/t14-/m0/s1. The smallest absolute Gasteiger partial charge is 0.276 e. The van der Waals surface area contributed by atoms with Gasteiger partial charge in [-0.1, -0.05) is 10.4 Å². The van der Waals surface area contributed by atoms with Gasteiger partial charge in [-0.25, -0.2) is 13.5 Å². The molecular formula is C19H24F2N6O4. The van der Waals surface area contributed by atoms with E-state index in [2.05, 4.69) is 15.5 Å². The summed E-state index contributed by atoms with van der Waals surface area (Å²) >= 11 is 0. The first-order chi connectivity index (χ1) is 14.7. The zero-order valence-electron chi connectivity index (χ0n) is 17.4. The van der Waals surface area contributed by atoms with E-state index in [0.29, 0.717) is 43.3 Å². The van der Waals surface area contributed by atoms with Crippen LogP contribution >= 0.6 is 0 Å². The van der Waals surface area contributed by atoms with E-state index in [0.717, 1.165) is 0 Å². The van der Waals surface area contributed by atoms with Crippen molar-refractivity contribution in [2.24, 2.45) is 0 Å². The van der Waals surface area contributed by atoms with Crippen molar-refractivity contribution in [3.8, 4) is 0 Å². The number of alkyl halides is 2. The molecule has 12 heteroatoms. The van der Waals surface area contributed by atoms with Gasteiger partial charge in [-0.3, -0.25) is 9.59 Å². The number of hydrogen-bond donors (Lipinski definition) is 0. The lowest BCUT2D eigenvalue weighted by atomic mass is 10.1. The van der Waals surface area contributed by atoms with E-state index >= 15 is 0 Å². The van der Waals surface area contributed by atoms with Crippen molar-refractivity contribution in [1.82, 2.24) is 30.0 Å². The summed E-state index contributed by atoms with van der Waals surface area (Å²) in [5.74, 6) is -3.21. The molecule has 0 N–H and O–H groups in total. The molecule has 2 amide bonds. The number of hydrogen-bond acceptors (Lipinski definition) is 7. The summed E-state index contributed by atoms with van der Waals surface area (Å²) in [5, 5.41) is 11.6. The molecule has 0 aliphatic carbocycles. The number of ether oxygens (including phenoxy) is 1. The maximum Gasteiger partial charge on any atom is 0.276 e. The highest BCUT2D eigenvalue weighted by atomic mass is 19.3. The predicted molar refractivity (Wildman–Crippen MR) is 101 cm³/mol. The van der Waals surface area contributed by atoms with E-state index in [-0.39, 0.29) is 24.6 Å². The third-order valence-corrected chi connectivity index (χ3v) is 5.66. The first-order valence-electron chi connectivity index (χ1n) is 10.1. The highest BCUT2D eigenvalue weighted by Crippen LogP contribution is 2.33. The maximum absolute atomic E-state index is 14.2. The second-order valence-electron chi connectivity index (χ2n) is 7.95. The monoisotopic (exact) mass is 438 g/mol. The molecule has 2 aliphatic rings. The van der Waals surface area contributed by atoms with Crippen LogP contribution in [-0.2, 0) is 22.5 Å². The van der Waals surface area contributed by atoms with Crippen LogP contribution in [0.2, 0.25) is 0 Å². The molecule has 10 nitrogen and oxygen atoms in total. The van der Waals surface area contributed by atoms with E-state index in [1.165, 1.54) is 15.8 Å². The molecule has 0 bridgehead atoms. The summed E-state index contributed by atoms with van der Waals surface area (Å²) in [7, 11) is 0. The van der Waals surface area contributed by atoms with Gasteiger partial charge in [0.1, 0.15) is 5.76 Å². The number of amides is 2. The predicted octanol–water partition coefficient (Wildman–Crippen LogP) is 0.834. The van der Waals surface area contributed by atoms with Crippen LogP contribution in [0.25, 0.3) is 0 Å². The molecule has 2 aromatic rings. The summed E-state index contributed by atoms with van der Waals surface area (Å²) in [6.45, 7) is 4.59. The number of halogens is 2. The Labute approximate surface area is 177 Å². The second kappa shape index (κ2) is 8.33. The topological polar surface area (TPSA) is 107 Å². The Bertz CT molecular complexity index is 949. The van der Waals surface area contributed by atoms with E-state index in [9.17, 15) is 18.4 Å². The summed E-state index contributed by atoms with van der Waals surface area (Å²) < 4.78 is 40.0. The molecule has 4 heterocycles. The van der Waals surface area contributed by atoms with E-state index in [1.54, 1.807) is 18.7 Å². The molecule has 0 spiro atoms. The fraction of sp³-hybridized carbons (Fsp3) is 0.632. The highest BCUT2D eigenvalue weighted by molar-refractivity contribution is 5.92. The molecule has 0 aromatic carbocycles. The van der Waals surface area contributed by atoms with Crippen LogP contribution in [0.4, 0.5) is 8.78 Å². The van der Waals surface area contributed by atoms with Crippen molar-refractivity contribution in [2.75, 3.05) is 32.8 Å². The Morgan fingerprint density at radius 1 is 1.26 bits per heavy atom. The van der Waals surface area contributed by atoms with Crippen LogP contribution in [-0.4, -0.2) is 86.6 Å². The number of carbonyl (C=O) groups is 2. The van der Waals surface area contributed by atoms with Gasteiger partial charge < -0.3 is 19.1 Å². The molecule has 0 radical (unpaired) electrons. The van der Waals surface area contributed by atoms with Crippen molar-refractivity contribution in [3.05, 3.63) is 28.9 Å². The molecule has 2 aliphatic heterocycles.